The second kappa shape index (κ2) is 7.47. The Bertz CT molecular complexity index is 890. The Morgan fingerprint density at radius 1 is 1.14 bits per heavy atom. The number of hydrogen-bond donors (Lipinski definition) is 0. The summed E-state index contributed by atoms with van der Waals surface area (Å²) < 4.78 is 10.9. The summed E-state index contributed by atoms with van der Waals surface area (Å²) in [5, 5.41) is 1.98. The lowest BCUT2D eigenvalue weighted by molar-refractivity contribution is -0.133. The average Bonchev–Trinajstić information content (AvgIpc) is 3.43. The third-order valence-electron chi connectivity index (χ3n) is 5.69. The predicted octanol–water partition coefficient (Wildman–Crippen LogP) is 3.30. The van der Waals surface area contributed by atoms with Gasteiger partial charge in [0, 0.05) is 30.6 Å². The summed E-state index contributed by atoms with van der Waals surface area (Å²) in [7, 11) is 4.88. The van der Waals surface area contributed by atoms with Crippen LogP contribution in [-0.2, 0) is 4.79 Å². The molecule has 28 heavy (non-hydrogen) atoms. The van der Waals surface area contributed by atoms with E-state index in [0.717, 1.165) is 36.4 Å². The van der Waals surface area contributed by atoms with E-state index in [0.29, 0.717) is 17.1 Å². The number of rotatable bonds is 4. The molecule has 2 amide bonds. The van der Waals surface area contributed by atoms with Crippen LogP contribution < -0.4 is 9.47 Å². The topological polar surface area (TPSA) is 59.1 Å². The smallest absolute Gasteiger partial charge is 0.254 e. The van der Waals surface area contributed by atoms with Gasteiger partial charge >= 0.3 is 0 Å². The molecule has 1 fully saturated rings. The molecule has 7 heteroatoms. The number of amides is 2. The number of methoxy groups -OCH3 is 2. The zero-order valence-corrected chi connectivity index (χ0v) is 17.1. The Morgan fingerprint density at radius 3 is 2.43 bits per heavy atom. The van der Waals surface area contributed by atoms with E-state index in [1.165, 1.54) is 0 Å². The summed E-state index contributed by atoms with van der Waals surface area (Å²) >= 11 is 1.57. The lowest BCUT2D eigenvalue weighted by Gasteiger charge is -2.40. The van der Waals surface area contributed by atoms with E-state index >= 15 is 0 Å². The number of likely N-dealkylation sites (tertiary alicyclic amines) is 1. The summed E-state index contributed by atoms with van der Waals surface area (Å²) in [5.41, 5.74) is 1.22. The molecule has 0 saturated carbocycles. The van der Waals surface area contributed by atoms with Crippen LogP contribution in [0.15, 0.2) is 29.6 Å². The van der Waals surface area contributed by atoms with Gasteiger partial charge in [0.15, 0.2) is 11.5 Å². The molecule has 0 radical (unpaired) electrons. The van der Waals surface area contributed by atoms with Crippen LogP contribution in [0, 0.1) is 0 Å². The largest absolute Gasteiger partial charge is 0.493 e. The van der Waals surface area contributed by atoms with Crippen LogP contribution in [0.25, 0.3) is 0 Å². The van der Waals surface area contributed by atoms with Crippen molar-refractivity contribution in [3.8, 4) is 11.5 Å². The van der Waals surface area contributed by atoms with Gasteiger partial charge in [-0.05, 0) is 42.0 Å². The number of benzene rings is 1. The minimum absolute atomic E-state index is 0.0729. The van der Waals surface area contributed by atoms with Crippen LogP contribution in [0.2, 0.25) is 0 Å². The van der Waals surface area contributed by atoms with Crippen molar-refractivity contribution in [1.82, 2.24) is 9.80 Å². The molecule has 0 N–H and O–H groups in total. The maximum Gasteiger partial charge on any atom is 0.254 e. The highest BCUT2D eigenvalue weighted by molar-refractivity contribution is 7.10. The van der Waals surface area contributed by atoms with E-state index < -0.39 is 5.92 Å². The summed E-state index contributed by atoms with van der Waals surface area (Å²) in [4.78, 5) is 31.4. The standard InChI is InChI=1S/C21H24N2O4S/c1-22-19(17-7-6-10-28-17)18(21(25)23-8-4-5-9-23)13-11-15(26-2)16(27-3)12-14(13)20(22)24/h6-7,10-12,18-19H,4-5,8-9H2,1-3H3. The highest BCUT2D eigenvalue weighted by atomic mass is 32.1. The minimum Gasteiger partial charge on any atom is -0.493 e. The summed E-state index contributed by atoms with van der Waals surface area (Å²) in [6.45, 7) is 1.54. The van der Waals surface area contributed by atoms with Crippen LogP contribution in [0.5, 0.6) is 11.5 Å². The van der Waals surface area contributed by atoms with E-state index in [1.807, 2.05) is 22.4 Å². The van der Waals surface area contributed by atoms with Crippen LogP contribution >= 0.6 is 11.3 Å². The molecule has 1 aromatic carbocycles. The number of carbonyl (C=O) groups is 2. The normalized spacial score (nSPS) is 21.6. The van der Waals surface area contributed by atoms with Crippen molar-refractivity contribution in [2.75, 3.05) is 34.4 Å². The van der Waals surface area contributed by atoms with Gasteiger partial charge in [-0.3, -0.25) is 9.59 Å². The highest BCUT2D eigenvalue weighted by Crippen LogP contribution is 2.47. The van der Waals surface area contributed by atoms with E-state index in [9.17, 15) is 9.59 Å². The number of thiophene rings is 1. The molecule has 2 aliphatic heterocycles. The summed E-state index contributed by atoms with van der Waals surface area (Å²) in [6, 6.07) is 7.13. The molecule has 6 nitrogen and oxygen atoms in total. The van der Waals surface area contributed by atoms with Crippen LogP contribution in [0.4, 0.5) is 0 Å². The van der Waals surface area contributed by atoms with Crippen molar-refractivity contribution in [2.45, 2.75) is 24.8 Å². The van der Waals surface area contributed by atoms with Crippen molar-refractivity contribution >= 4 is 23.2 Å². The molecule has 3 heterocycles. The minimum atomic E-state index is -0.464. The summed E-state index contributed by atoms with van der Waals surface area (Å²) in [5.74, 6) is 0.519. The van der Waals surface area contributed by atoms with Gasteiger partial charge in [-0.1, -0.05) is 6.07 Å². The third kappa shape index (κ3) is 2.94. The van der Waals surface area contributed by atoms with Gasteiger partial charge in [-0.15, -0.1) is 11.3 Å². The van der Waals surface area contributed by atoms with Crippen molar-refractivity contribution in [3.63, 3.8) is 0 Å². The van der Waals surface area contributed by atoms with Crippen molar-refractivity contribution in [2.24, 2.45) is 0 Å². The van der Waals surface area contributed by atoms with Gasteiger partial charge in [0.25, 0.3) is 5.91 Å². The number of ether oxygens (including phenoxy) is 2. The van der Waals surface area contributed by atoms with Gasteiger partial charge in [-0.25, -0.2) is 0 Å². The Hall–Kier alpha value is -2.54. The molecule has 2 aromatic rings. The maximum atomic E-state index is 13.6. The maximum absolute atomic E-state index is 13.6. The van der Waals surface area contributed by atoms with Crippen LogP contribution in [0.3, 0.4) is 0 Å². The quantitative estimate of drug-likeness (QED) is 0.790. The first-order valence-corrected chi connectivity index (χ1v) is 10.3. The zero-order chi connectivity index (χ0) is 19.8. The molecule has 2 aliphatic rings. The fraction of sp³-hybridized carbons (Fsp3) is 0.429. The lowest BCUT2D eigenvalue weighted by Crippen LogP contribution is -2.46. The first-order valence-electron chi connectivity index (χ1n) is 9.42. The van der Waals surface area contributed by atoms with Crippen LogP contribution in [-0.4, -0.2) is 56.0 Å². The van der Waals surface area contributed by atoms with Gasteiger partial charge in [0.2, 0.25) is 5.91 Å². The summed E-state index contributed by atoms with van der Waals surface area (Å²) in [6.07, 6.45) is 2.05. The predicted molar refractivity (Wildman–Crippen MR) is 107 cm³/mol. The SMILES string of the molecule is COc1cc2c(cc1OC)C(C(=O)N1CCCC1)C(c1cccs1)N(C)C2=O. The molecular formula is C21H24N2O4S. The van der Waals surface area contributed by atoms with E-state index in [4.69, 9.17) is 9.47 Å². The third-order valence-corrected chi connectivity index (χ3v) is 6.64. The number of hydrogen-bond acceptors (Lipinski definition) is 5. The molecular weight excluding hydrogens is 376 g/mol. The second-order valence-corrected chi connectivity index (χ2v) is 8.16. The van der Waals surface area contributed by atoms with Gasteiger partial charge in [0.05, 0.1) is 26.2 Å². The van der Waals surface area contributed by atoms with E-state index in [1.54, 1.807) is 49.6 Å². The molecule has 0 bridgehead atoms. The Balaban J connectivity index is 1.90. The second-order valence-electron chi connectivity index (χ2n) is 7.18. The fourth-order valence-electron chi connectivity index (χ4n) is 4.26. The monoisotopic (exact) mass is 400 g/mol. The van der Waals surface area contributed by atoms with Gasteiger partial charge in [0.1, 0.15) is 0 Å². The number of nitrogens with zero attached hydrogens (tertiary/aromatic N) is 2. The first-order chi connectivity index (χ1) is 13.6. The van der Waals surface area contributed by atoms with Gasteiger partial charge in [-0.2, -0.15) is 0 Å². The fourth-order valence-corrected chi connectivity index (χ4v) is 5.17. The highest BCUT2D eigenvalue weighted by Gasteiger charge is 2.45. The molecule has 4 rings (SSSR count). The van der Waals surface area contributed by atoms with E-state index in [2.05, 4.69) is 0 Å². The molecule has 0 spiro atoms. The van der Waals surface area contributed by atoms with Crippen molar-refractivity contribution in [3.05, 3.63) is 45.6 Å². The van der Waals surface area contributed by atoms with Crippen molar-refractivity contribution in [1.29, 1.82) is 0 Å². The van der Waals surface area contributed by atoms with Crippen LogP contribution in [0.1, 0.15) is 45.6 Å². The Labute approximate surface area is 168 Å². The lowest BCUT2D eigenvalue weighted by atomic mass is 9.81. The zero-order valence-electron chi connectivity index (χ0n) is 16.3. The average molecular weight is 401 g/mol. The number of fused-ring (bicyclic) bond motifs is 1. The molecule has 1 saturated heterocycles. The first kappa shape index (κ1) is 18.8. The molecule has 2 atom stereocenters. The molecule has 0 aliphatic carbocycles. The molecule has 148 valence electrons. The Morgan fingerprint density at radius 2 is 1.82 bits per heavy atom. The number of likely N-dealkylation sites (N-methyl/N-ethyl adjacent to an activating group) is 1. The van der Waals surface area contributed by atoms with E-state index in [-0.39, 0.29) is 17.9 Å². The molecule has 2 unspecified atom stereocenters. The number of carbonyl (C=O) groups excluding carboxylic acids is 2. The Kier molecular flexibility index (Phi) is 5.02. The van der Waals surface area contributed by atoms with Crippen molar-refractivity contribution < 1.29 is 19.1 Å². The molecule has 1 aromatic heterocycles. The van der Waals surface area contributed by atoms with Gasteiger partial charge < -0.3 is 19.3 Å².